The molecule has 4 atom stereocenters. The van der Waals surface area contributed by atoms with Gasteiger partial charge in [0.05, 0.1) is 13.2 Å². The molecule has 0 aromatic heterocycles. The maximum atomic E-state index is 9.81. The van der Waals surface area contributed by atoms with E-state index in [1.807, 2.05) is 0 Å². The van der Waals surface area contributed by atoms with Crippen LogP contribution in [0.25, 0.3) is 0 Å². The second-order valence-electron chi connectivity index (χ2n) is 6.65. The van der Waals surface area contributed by atoms with Gasteiger partial charge in [0, 0.05) is 6.42 Å². The van der Waals surface area contributed by atoms with Crippen molar-refractivity contribution < 1.29 is 24.8 Å². The first-order chi connectivity index (χ1) is 11.6. The Kier molecular flexibility index (Phi) is 11.8. The van der Waals surface area contributed by atoms with E-state index in [2.05, 4.69) is 6.92 Å². The Balaban J connectivity index is 2.08. The molecule has 0 saturated carbocycles. The molecular weight excluding hydrogens is 328 g/mol. The second kappa shape index (κ2) is 13.0. The molecule has 6 heteroatoms. The van der Waals surface area contributed by atoms with Crippen LogP contribution < -0.4 is 0 Å². The highest BCUT2D eigenvalue weighted by Gasteiger charge is 2.41. The van der Waals surface area contributed by atoms with Crippen molar-refractivity contribution in [2.75, 3.05) is 13.2 Å². The molecule has 142 valence electrons. The van der Waals surface area contributed by atoms with Crippen molar-refractivity contribution in [3.8, 4) is 0 Å². The van der Waals surface area contributed by atoms with Crippen LogP contribution in [0.1, 0.15) is 71.1 Å². The second-order valence-corrected chi connectivity index (χ2v) is 7.10. The van der Waals surface area contributed by atoms with Gasteiger partial charge in [0.25, 0.3) is 0 Å². The van der Waals surface area contributed by atoms with Crippen molar-refractivity contribution in [1.29, 1.82) is 0 Å². The molecular formula is C18H34O5S. The first kappa shape index (κ1) is 21.8. The van der Waals surface area contributed by atoms with Gasteiger partial charge >= 0.3 is 0 Å². The Morgan fingerprint density at radius 2 is 1.67 bits per heavy atom. The number of rotatable bonds is 13. The summed E-state index contributed by atoms with van der Waals surface area (Å²) < 4.78 is 10.8. The average Bonchev–Trinajstić information content (AvgIpc) is 2.90. The Labute approximate surface area is 151 Å². The Morgan fingerprint density at radius 1 is 1.08 bits per heavy atom. The summed E-state index contributed by atoms with van der Waals surface area (Å²) in [6, 6.07) is 0. The molecule has 5 nitrogen and oxygen atoms in total. The molecule has 24 heavy (non-hydrogen) atoms. The van der Waals surface area contributed by atoms with Gasteiger partial charge in [-0.05, 0) is 18.6 Å². The van der Waals surface area contributed by atoms with Crippen molar-refractivity contribution >= 4 is 17.3 Å². The zero-order valence-corrected chi connectivity index (χ0v) is 15.7. The molecule has 0 radical (unpaired) electrons. The van der Waals surface area contributed by atoms with Gasteiger partial charge < -0.3 is 24.8 Å². The van der Waals surface area contributed by atoms with Gasteiger partial charge in [-0.1, -0.05) is 58.3 Å². The third-order valence-corrected chi connectivity index (χ3v) is 4.80. The number of aliphatic hydroxyl groups excluding tert-OH is 3. The summed E-state index contributed by atoms with van der Waals surface area (Å²) in [4.78, 5) is 0. The van der Waals surface area contributed by atoms with E-state index in [-0.39, 0.29) is 13.2 Å². The van der Waals surface area contributed by atoms with Crippen LogP contribution in [0, 0.1) is 0 Å². The van der Waals surface area contributed by atoms with Crippen molar-refractivity contribution in [2.45, 2.75) is 95.5 Å². The van der Waals surface area contributed by atoms with E-state index < -0.39 is 24.4 Å². The fraction of sp³-hybridized carbons (Fsp3) is 0.944. The maximum Gasteiger partial charge on any atom is 0.160 e. The molecule has 0 amide bonds. The molecule has 1 heterocycles. The minimum atomic E-state index is -1.04. The molecule has 0 spiro atoms. The highest BCUT2D eigenvalue weighted by atomic mass is 32.1. The summed E-state index contributed by atoms with van der Waals surface area (Å²) in [6.07, 6.45) is 8.47. The van der Waals surface area contributed by atoms with Crippen molar-refractivity contribution in [3.63, 3.8) is 0 Å². The molecule has 1 fully saturated rings. The van der Waals surface area contributed by atoms with Crippen molar-refractivity contribution in [2.24, 2.45) is 0 Å². The summed E-state index contributed by atoms with van der Waals surface area (Å²) in [7, 11) is 0. The lowest BCUT2D eigenvalue weighted by molar-refractivity contribution is -0.0621. The van der Waals surface area contributed by atoms with Gasteiger partial charge in [0.2, 0.25) is 0 Å². The summed E-state index contributed by atoms with van der Waals surface area (Å²) >= 11 is 5.22. The number of aliphatic hydroxyl groups is 3. The zero-order valence-electron chi connectivity index (χ0n) is 14.9. The van der Waals surface area contributed by atoms with E-state index in [0.29, 0.717) is 11.5 Å². The van der Waals surface area contributed by atoms with Crippen LogP contribution >= 0.6 is 12.2 Å². The maximum absolute atomic E-state index is 9.81. The van der Waals surface area contributed by atoms with Crippen LogP contribution in [-0.4, -0.2) is 58.0 Å². The molecule has 0 aliphatic carbocycles. The van der Waals surface area contributed by atoms with Crippen LogP contribution in [0.15, 0.2) is 0 Å². The predicted molar refractivity (Wildman–Crippen MR) is 98.2 cm³/mol. The van der Waals surface area contributed by atoms with Gasteiger partial charge in [0.1, 0.15) is 18.3 Å². The zero-order chi connectivity index (χ0) is 17.8. The predicted octanol–water partition coefficient (Wildman–Crippen LogP) is 2.73. The van der Waals surface area contributed by atoms with Gasteiger partial charge in [-0.25, -0.2) is 0 Å². The van der Waals surface area contributed by atoms with Crippen LogP contribution in [-0.2, 0) is 9.47 Å². The Morgan fingerprint density at radius 3 is 2.17 bits per heavy atom. The average molecular weight is 363 g/mol. The minimum Gasteiger partial charge on any atom is -0.479 e. The quantitative estimate of drug-likeness (QED) is 0.345. The van der Waals surface area contributed by atoms with E-state index in [1.165, 1.54) is 44.9 Å². The summed E-state index contributed by atoms with van der Waals surface area (Å²) in [5, 5.41) is 29.2. The smallest absolute Gasteiger partial charge is 0.160 e. The molecule has 1 aliphatic heterocycles. The molecule has 1 aliphatic rings. The molecule has 1 rings (SSSR count). The summed E-state index contributed by atoms with van der Waals surface area (Å²) in [5.41, 5.74) is 0. The number of hydrogen-bond donors (Lipinski definition) is 3. The molecule has 0 aromatic carbocycles. The lowest BCUT2D eigenvalue weighted by atomic mass is 10.1. The first-order valence-electron chi connectivity index (χ1n) is 9.38. The minimum absolute atomic E-state index is 0.0523. The van der Waals surface area contributed by atoms with Crippen LogP contribution in [0.4, 0.5) is 0 Å². The van der Waals surface area contributed by atoms with Gasteiger partial charge in [-0.3, -0.25) is 0 Å². The number of ether oxygens (including phenoxy) is 2. The monoisotopic (exact) mass is 362 g/mol. The third kappa shape index (κ3) is 8.21. The normalized spacial score (nSPS) is 24.9. The van der Waals surface area contributed by atoms with Gasteiger partial charge in [-0.2, -0.15) is 0 Å². The SMILES string of the molecule is CCCCCCCCCCCC(=S)O[C@H](CO)[C@H]1OC[C@H](O)[C@H]1O. The lowest BCUT2D eigenvalue weighted by Gasteiger charge is -2.25. The fourth-order valence-electron chi connectivity index (χ4n) is 2.97. The van der Waals surface area contributed by atoms with Crippen LogP contribution in [0.3, 0.4) is 0 Å². The summed E-state index contributed by atoms with van der Waals surface area (Å²) in [6.45, 7) is 1.98. The van der Waals surface area contributed by atoms with Crippen molar-refractivity contribution in [3.05, 3.63) is 0 Å². The van der Waals surface area contributed by atoms with Crippen LogP contribution in [0.5, 0.6) is 0 Å². The topological polar surface area (TPSA) is 79.2 Å². The highest BCUT2D eigenvalue weighted by molar-refractivity contribution is 7.80. The fourth-order valence-corrected chi connectivity index (χ4v) is 3.24. The number of thiocarbonyl (C=S) groups is 1. The van der Waals surface area contributed by atoms with E-state index in [0.717, 1.165) is 12.8 Å². The molecule has 0 unspecified atom stereocenters. The van der Waals surface area contributed by atoms with E-state index in [4.69, 9.17) is 21.7 Å². The van der Waals surface area contributed by atoms with Gasteiger partial charge in [0.15, 0.2) is 11.2 Å². The molecule has 3 N–H and O–H groups in total. The van der Waals surface area contributed by atoms with Crippen LogP contribution in [0.2, 0.25) is 0 Å². The van der Waals surface area contributed by atoms with E-state index >= 15 is 0 Å². The van der Waals surface area contributed by atoms with E-state index in [1.54, 1.807) is 0 Å². The van der Waals surface area contributed by atoms with Crippen molar-refractivity contribution in [1.82, 2.24) is 0 Å². The molecule has 0 aromatic rings. The number of unbranched alkanes of at least 4 members (excludes halogenated alkanes) is 8. The number of hydrogen-bond acceptors (Lipinski definition) is 6. The third-order valence-electron chi connectivity index (χ3n) is 4.50. The lowest BCUT2D eigenvalue weighted by Crippen LogP contribution is -2.42. The van der Waals surface area contributed by atoms with Gasteiger partial charge in [-0.15, -0.1) is 0 Å². The Bertz CT molecular complexity index is 339. The Hall–Kier alpha value is -0.270. The molecule has 1 saturated heterocycles. The summed E-state index contributed by atoms with van der Waals surface area (Å²) in [5.74, 6) is 0. The highest BCUT2D eigenvalue weighted by Crippen LogP contribution is 2.20. The largest absolute Gasteiger partial charge is 0.479 e. The standard InChI is InChI=1S/C18H34O5S/c1-2-3-4-5-6-7-8-9-10-11-16(24)23-15(12-19)18-17(21)14(20)13-22-18/h14-15,17-21H,2-13H2,1H3/t14-,15+,17+,18+/m0/s1. The first-order valence-corrected chi connectivity index (χ1v) is 9.79. The molecule has 0 bridgehead atoms. The van der Waals surface area contributed by atoms with E-state index in [9.17, 15) is 15.3 Å².